The van der Waals surface area contributed by atoms with Gasteiger partial charge in [-0.3, -0.25) is 4.79 Å². The van der Waals surface area contributed by atoms with Crippen molar-refractivity contribution in [3.8, 4) is 0 Å². The summed E-state index contributed by atoms with van der Waals surface area (Å²) in [5, 5.41) is 7.06. The van der Waals surface area contributed by atoms with Crippen LogP contribution >= 0.6 is 11.3 Å². The Labute approximate surface area is 127 Å². The molecule has 0 bridgehead atoms. The molecule has 112 valence electrons. The van der Waals surface area contributed by atoms with Gasteiger partial charge in [-0.25, -0.2) is 9.97 Å². The van der Waals surface area contributed by atoms with Gasteiger partial charge < -0.3 is 15.5 Å². The third-order valence-electron chi connectivity index (χ3n) is 3.77. The lowest BCUT2D eigenvalue weighted by molar-refractivity contribution is -0.122. The predicted octanol–water partition coefficient (Wildman–Crippen LogP) is 0.778. The Kier molecular flexibility index (Phi) is 4.03. The molecule has 21 heavy (non-hydrogen) atoms. The average Bonchev–Trinajstić information content (AvgIpc) is 2.97. The van der Waals surface area contributed by atoms with Crippen molar-refractivity contribution in [3.63, 3.8) is 0 Å². The maximum atomic E-state index is 12.1. The molecule has 1 saturated heterocycles. The highest BCUT2D eigenvalue weighted by molar-refractivity contribution is 7.18. The highest BCUT2D eigenvalue weighted by atomic mass is 32.1. The van der Waals surface area contributed by atoms with Crippen LogP contribution in [-0.4, -0.2) is 48.6 Å². The van der Waals surface area contributed by atoms with Crippen molar-refractivity contribution in [2.45, 2.75) is 19.4 Å². The molecule has 7 heteroatoms. The van der Waals surface area contributed by atoms with E-state index in [0.29, 0.717) is 6.54 Å². The quantitative estimate of drug-likeness (QED) is 0.877. The van der Waals surface area contributed by atoms with E-state index in [-0.39, 0.29) is 11.9 Å². The number of hydrogen-bond acceptors (Lipinski definition) is 6. The molecule has 2 aromatic rings. The van der Waals surface area contributed by atoms with Crippen LogP contribution in [0.4, 0.5) is 5.82 Å². The zero-order valence-electron chi connectivity index (χ0n) is 12.2. The molecule has 1 unspecified atom stereocenters. The van der Waals surface area contributed by atoms with Crippen LogP contribution in [-0.2, 0) is 11.2 Å². The van der Waals surface area contributed by atoms with Crippen molar-refractivity contribution in [1.29, 1.82) is 0 Å². The van der Waals surface area contributed by atoms with Crippen molar-refractivity contribution in [2.24, 2.45) is 0 Å². The van der Waals surface area contributed by atoms with Gasteiger partial charge in [0, 0.05) is 31.6 Å². The summed E-state index contributed by atoms with van der Waals surface area (Å²) >= 11 is 1.70. The van der Waals surface area contributed by atoms with E-state index in [1.54, 1.807) is 24.7 Å². The van der Waals surface area contributed by atoms with Crippen molar-refractivity contribution < 1.29 is 4.79 Å². The summed E-state index contributed by atoms with van der Waals surface area (Å²) in [4.78, 5) is 25.3. The lowest BCUT2D eigenvalue weighted by Gasteiger charge is -2.35. The highest BCUT2D eigenvalue weighted by Crippen LogP contribution is 2.31. The number of thiophene rings is 1. The van der Waals surface area contributed by atoms with Crippen LogP contribution < -0.4 is 15.5 Å². The van der Waals surface area contributed by atoms with E-state index in [0.717, 1.165) is 35.5 Å². The number of likely N-dealkylation sites (N-methyl/N-ethyl adjacent to an activating group) is 1. The Balaban J connectivity index is 2.04. The maximum absolute atomic E-state index is 12.1. The fourth-order valence-electron chi connectivity index (χ4n) is 2.65. The molecule has 1 fully saturated rings. The van der Waals surface area contributed by atoms with Crippen molar-refractivity contribution in [2.75, 3.05) is 31.6 Å². The summed E-state index contributed by atoms with van der Waals surface area (Å²) in [6, 6.07) is 1.92. The van der Waals surface area contributed by atoms with Gasteiger partial charge in [0.25, 0.3) is 0 Å². The lowest BCUT2D eigenvalue weighted by Crippen LogP contribution is -2.58. The first-order valence-electron chi connectivity index (χ1n) is 7.17. The first-order valence-corrected chi connectivity index (χ1v) is 7.98. The second-order valence-electron chi connectivity index (χ2n) is 5.01. The Bertz CT molecular complexity index is 656. The second-order valence-corrected chi connectivity index (χ2v) is 6.13. The van der Waals surface area contributed by atoms with Crippen molar-refractivity contribution in [3.05, 3.63) is 17.3 Å². The Hall–Kier alpha value is -1.73. The molecule has 3 rings (SSSR count). The van der Waals surface area contributed by atoms with E-state index in [2.05, 4.69) is 38.5 Å². The van der Waals surface area contributed by atoms with Gasteiger partial charge in [0.15, 0.2) is 0 Å². The standard InChI is InChI=1S/C14H19N5OS/c1-3-9-6-10-12(17-8-18-14(10)21-9)19-5-4-16-7-11(19)13(20)15-2/h6,8,11,16H,3-5,7H2,1-2H3,(H,15,20). The largest absolute Gasteiger partial charge is 0.357 e. The normalized spacial score (nSPS) is 19.0. The third kappa shape index (κ3) is 2.58. The fraction of sp³-hybridized carbons (Fsp3) is 0.500. The molecule has 2 N–H and O–H groups in total. The van der Waals surface area contributed by atoms with Gasteiger partial charge in [-0.2, -0.15) is 0 Å². The van der Waals surface area contributed by atoms with E-state index < -0.39 is 0 Å². The number of rotatable bonds is 3. The second kappa shape index (κ2) is 5.95. The molecule has 0 saturated carbocycles. The summed E-state index contributed by atoms with van der Waals surface area (Å²) < 4.78 is 0. The number of piperazine rings is 1. The Morgan fingerprint density at radius 1 is 1.57 bits per heavy atom. The SMILES string of the molecule is CCc1cc2c(N3CCNCC3C(=O)NC)ncnc2s1. The summed E-state index contributed by atoms with van der Waals surface area (Å²) in [6.07, 6.45) is 2.58. The minimum absolute atomic E-state index is 0.0138. The first kappa shape index (κ1) is 14.2. The number of anilines is 1. The number of amides is 1. The molecule has 1 atom stereocenters. The van der Waals surface area contributed by atoms with Gasteiger partial charge in [0.2, 0.25) is 5.91 Å². The van der Waals surface area contributed by atoms with Crippen LogP contribution in [0.25, 0.3) is 10.2 Å². The van der Waals surface area contributed by atoms with Crippen LogP contribution in [0.1, 0.15) is 11.8 Å². The molecule has 0 radical (unpaired) electrons. The van der Waals surface area contributed by atoms with Crippen LogP contribution in [0.3, 0.4) is 0 Å². The topological polar surface area (TPSA) is 70.2 Å². The third-order valence-corrected chi connectivity index (χ3v) is 4.96. The summed E-state index contributed by atoms with van der Waals surface area (Å²) in [6.45, 7) is 4.39. The first-order chi connectivity index (χ1) is 10.2. The number of nitrogens with one attached hydrogen (secondary N) is 2. The summed E-state index contributed by atoms with van der Waals surface area (Å²) in [7, 11) is 1.67. The van der Waals surface area contributed by atoms with Crippen molar-refractivity contribution >= 4 is 33.3 Å². The number of aryl methyl sites for hydroxylation is 1. The van der Waals surface area contributed by atoms with Gasteiger partial charge >= 0.3 is 0 Å². The molecule has 3 heterocycles. The van der Waals surface area contributed by atoms with E-state index >= 15 is 0 Å². The van der Waals surface area contributed by atoms with E-state index in [1.807, 2.05) is 0 Å². The smallest absolute Gasteiger partial charge is 0.243 e. The average molecular weight is 305 g/mol. The molecule has 0 spiro atoms. The van der Waals surface area contributed by atoms with Crippen LogP contribution in [0.5, 0.6) is 0 Å². The lowest BCUT2D eigenvalue weighted by atomic mass is 10.1. The Morgan fingerprint density at radius 3 is 3.19 bits per heavy atom. The number of nitrogens with zero attached hydrogens (tertiary/aromatic N) is 3. The van der Waals surface area contributed by atoms with Gasteiger partial charge in [0.1, 0.15) is 23.0 Å². The molecule has 1 aliphatic heterocycles. The van der Waals surface area contributed by atoms with Gasteiger partial charge in [-0.15, -0.1) is 11.3 Å². The van der Waals surface area contributed by atoms with Crippen LogP contribution in [0.15, 0.2) is 12.4 Å². The van der Waals surface area contributed by atoms with Crippen LogP contribution in [0, 0.1) is 0 Å². The number of aromatic nitrogens is 2. The molecule has 1 aliphatic rings. The molecule has 0 aromatic carbocycles. The minimum atomic E-state index is -0.230. The van der Waals surface area contributed by atoms with Gasteiger partial charge in [0.05, 0.1) is 5.39 Å². The molecule has 0 aliphatic carbocycles. The maximum Gasteiger partial charge on any atom is 0.243 e. The highest BCUT2D eigenvalue weighted by Gasteiger charge is 2.30. The van der Waals surface area contributed by atoms with Gasteiger partial charge in [-0.05, 0) is 12.5 Å². The molecular formula is C14H19N5OS. The van der Waals surface area contributed by atoms with Gasteiger partial charge in [-0.1, -0.05) is 6.92 Å². The molecular weight excluding hydrogens is 286 g/mol. The zero-order valence-corrected chi connectivity index (χ0v) is 13.0. The van der Waals surface area contributed by atoms with Crippen LogP contribution in [0.2, 0.25) is 0 Å². The predicted molar refractivity (Wildman–Crippen MR) is 84.9 cm³/mol. The fourth-order valence-corrected chi connectivity index (χ4v) is 3.58. The minimum Gasteiger partial charge on any atom is -0.357 e. The zero-order chi connectivity index (χ0) is 14.8. The molecule has 1 amide bonds. The Morgan fingerprint density at radius 2 is 2.43 bits per heavy atom. The molecule has 2 aromatic heterocycles. The number of carbonyl (C=O) groups excluding carboxylic acids is 1. The number of hydrogen-bond donors (Lipinski definition) is 2. The van der Waals surface area contributed by atoms with Crippen molar-refractivity contribution in [1.82, 2.24) is 20.6 Å². The summed E-state index contributed by atoms with van der Waals surface area (Å²) in [5.41, 5.74) is 0. The summed E-state index contributed by atoms with van der Waals surface area (Å²) in [5.74, 6) is 0.881. The van der Waals surface area contributed by atoms with E-state index in [1.165, 1.54) is 4.88 Å². The number of fused-ring (bicyclic) bond motifs is 1. The monoisotopic (exact) mass is 305 g/mol. The number of carbonyl (C=O) groups is 1. The molecule has 6 nitrogen and oxygen atoms in total. The van der Waals surface area contributed by atoms with E-state index in [9.17, 15) is 4.79 Å². The van der Waals surface area contributed by atoms with E-state index in [4.69, 9.17) is 0 Å².